The van der Waals surface area contributed by atoms with Crippen LogP contribution in [0.3, 0.4) is 0 Å². The number of allylic oxidation sites excluding steroid dienone is 1. The van der Waals surface area contributed by atoms with E-state index < -0.39 is 0 Å². The standard InChI is InChI=1S/C14H24N2O/c17-14(10-12-4-2-1-3-5-12)16-9-7-13-6-8-15-11-13/h4,13,15H,1-3,5-11H2,(H,16,17). The third-order valence-corrected chi connectivity index (χ3v) is 3.81. The maximum absolute atomic E-state index is 11.7. The molecule has 1 fully saturated rings. The molecule has 2 N–H and O–H groups in total. The van der Waals surface area contributed by atoms with Crippen LogP contribution in [0, 0.1) is 5.92 Å². The first kappa shape index (κ1) is 12.6. The zero-order chi connectivity index (χ0) is 11.9. The van der Waals surface area contributed by atoms with Gasteiger partial charge in [-0.3, -0.25) is 4.79 Å². The zero-order valence-electron chi connectivity index (χ0n) is 10.6. The molecule has 0 radical (unpaired) electrons. The summed E-state index contributed by atoms with van der Waals surface area (Å²) in [6.45, 7) is 3.12. The van der Waals surface area contributed by atoms with Crippen LogP contribution >= 0.6 is 0 Å². The lowest BCUT2D eigenvalue weighted by atomic mass is 9.97. The summed E-state index contributed by atoms with van der Waals surface area (Å²) in [5, 5.41) is 6.40. The van der Waals surface area contributed by atoms with E-state index in [1.54, 1.807) is 0 Å². The second kappa shape index (κ2) is 6.80. The number of carbonyl (C=O) groups is 1. The first-order chi connectivity index (χ1) is 8.34. The zero-order valence-corrected chi connectivity index (χ0v) is 10.6. The van der Waals surface area contributed by atoms with Gasteiger partial charge in [-0.2, -0.15) is 0 Å². The Morgan fingerprint density at radius 2 is 2.41 bits per heavy atom. The minimum atomic E-state index is 0.212. The van der Waals surface area contributed by atoms with E-state index in [1.165, 1.54) is 24.8 Å². The van der Waals surface area contributed by atoms with Crippen molar-refractivity contribution in [2.75, 3.05) is 19.6 Å². The summed E-state index contributed by atoms with van der Waals surface area (Å²) in [6, 6.07) is 0. The first-order valence-corrected chi connectivity index (χ1v) is 7.00. The molecular formula is C14H24N2O. The Kier molecular flexibility index (Phi) is 5.05. The Hall–Kier alpha value is -0.830. The summed E-state index contributed by atoms with van der Waals surface area (Å²) in [4.78, 5) is 11.7. The van der Waals surface area contributed by atoms with Crippen LogP contribution in [0.15, 0.2) is 11.6 Å². The van der Waals surface area contributed by atoms with E-state index in [0.29, 0.717) is 6.42 Å². The molecule has 3 heteroatoms. The topological polar surface area (TPSA) is 41.1 Å². The van der Waals surface area contributed by atoms with Crippen LogP contribution in [0.4, 0.5) is 0 Å². The lowest BCUT2D eigenvalue weighted by molar-refractivity contribution is -0.120. The van der Waals surface area contributed by atoms with Gasteiger partial charge in [0, 0.05) is 13.0 Å². The van der Waals surface area contributed by atoms with Gasteiger partial charge in [0.2, 0.25) is 5.91 Å². The fraction of sp³-hybridized carbons (Fsp3) is 0.786. The van der Waals surface area contributed by atoms with Crippen LogP contribution in [-0.4, -0.2) is 25.5 Å². The van der Waals surface area contributed by atoms with E-state index in [2.05, 4.69) is 16.7 Å². The van der Waals surface area contributed by atoms with Crippen molar-refractivity contribution >= 4 is 5.91 Å². The summed E-state index contributed by atoms with van der Waals surface area (Å²) < 4.78 is 0. The molecule has 96 valence electrons. The highest BCUT2D eigenvalue weighted by Gasteiger charge is 2.14. The molecule has 0 aromatic rings. The maximum Gasteiger partial charge on any atom is 0.224 e. The van der Waals surface area contributed by atoms with Crippen LogP contribution in [-0.2, 0) is 4.79 Å². The van der Waals surface area contributed by atoms with Gasteiger partial charge in [-0.25, -0.2) is 0 Å². The second-order valence-corrected chi connectivity index (χ2v) is 5.28. The molecule has 1 heterocycles. The van der Waals surface area contributed by atoms with Crippen molar-refractivity contribution in [1.29, 1.82) is 0 Å². The van der Waals surface area contributed by atoms with Crippen LogP contribution in [0.5, 0.6) is 0 Å². The van der Waals surface area contributed by atoms with Gasteiger partial charge in [0.25, 0.3) is 0 Å². The van der Waals surface area contributed by atoms with Crippen molar-refractivity contribution in [1.82, 2.24) is 10.6 Å². The molecule has 0 spiro atoms. The molecule has 0 saturated carbocycles. The fourth-order valence-corrected chi connectivity index (χ4v) is 2.71. The predicted octanol–water partition coefficient (Wildman–Crippen LogP) is 1.99. The average Bonchev–Trinajstić information content (AvgIpc) is 2.83. The Bertz CT molecular complexity index is 280. The van der Waals surface area contributed by atoms with E-state index in [1.807, 2.05) is 0 Å². The smallest absolute Gasteiger partial charge is 0.224 e. The Balaban J connectivity index is 1.58. The van der Waals surface area contributed by atoms with Gasteiger partial charge in [-0.1, -0.05) is 11.6 Å². The Morgan fingerprint density at radius 3 is 3.12 bits per heavy atom. The summed E-state index contributed by atoms with van der Waals surface area (Å²) >= 11 is 0. The van der Waals surface area contributed by atoms with E-state index in [4.69, 9.17) is 0 Å². The summed E-state index contributed by atoms with van der Waals surface area (Å²) in [7, 11) is 0. The van der Waals surface area contributed by atoms with Gasteiger partial charge in [0.05, 0.1) is 0 Å². The first-order valence-electron chi connectivity index (χ1n) is 7.00. The molecule has 17 heavy (non-hydrogen) atoms. The van der Waals surface area contributed by atoms with Crippen molar-refractivity contribution in [2.24, 2.45) is 5.92 Å². The molecule has 2 aliphatic rings. The van der Waals surface area contributed by atoms with Crippen LogP contribution in [0.25, 0.3) is 0 Å². The molecule has 1 aliphatic heterocycles. The molecule has 1 atom stereocenters. The number of carbonyl (C=O) groups excluding carboxylic acids is 1. The lowest BCUT2D eigenvalue weighted by Crippen LogP contribution is -2.26. The number of amides is 1. The third kappa shape index (κ3) is 4.50. The average molecular weight is 236 g/mol. The van der Waals surface area contributed by atoms with Gasteiger partial charge < -0.3 is 10.6 Å². The van der Waals surface area contributed by atoms with Gasteiger partial charge in [-0.15, -0.1) is 0 Å². The van der Waals surface area contributed by atoms with Gasteiger partial charge in [-0.05, 0) is 57.5 Å². The van der Waals surface area contributed by atoms with Crippen molar-refractivity contribution in [3.05, 3.63) is 11.6 Å². The van der Waals surface area contributed by atoms with Gasteiger partial charge in [0.1, 0.15) is 0 Å². The normalized spacial score (nSPS) is 24.5. The third-order valence-electron chi connectivity index (χ3n) is 3.81. The Labute approximate surface area is 104 Å². The second-order valence-electron chi connectivity index (χ2n) is 5.28. The summed E-state index contributed by atoms with van der Waals surface area (Å²) in [6.07, 6.45) is 10.1. The molecule has 3 nitrogen and oxygen atoms in total. The molecular weight excluding hydrogens is 212 g/mol. The van der Waals surface area contributed by atoms with Gasteiger partial charge in [0.15, 0.2) is 0 Å². The molecule has 0 aromatic carbocycles. The molecule has 1 amide bonds. The molecule has 1 unspecified atom stereocenters. The highest BCUT2D eigenvalue weighted by atomic mass is 16.1. The quantitative estimate of drug-likeness (QED) is 0.717. The van der Waals surface area contributed by atoms with Crippen LogP contribution in [0.2, 0.25) is 0 Å². The molecule has 0 aromatic heterocycles. The van der Waals surface area contributed by atoms with E-state index >= 15 is 0 Å². The lowest BCUT2D eigenvalue weighted by Gasteiger charge is -2.13. The van der Waals surface area contributed by atoms with Crippen molar-refractivity contribution in [3.63, 3.8) is 0 Å². The minimum Gasteiger partial charge on any atom is -0.356 e. The SMILES string of the molecule is O=C(CC1=CCCCC1)NCCC1CCNC1. The molecule has 0 bridgehead atoms. The largest absolute Gasteiger partial charge is 0.356 e. The number of nitrogens with one attached hydrogen (secondary N) is 2. The number of hydrogen-bond donors (Lipinski definition) is 2. The number of hydrogen-bond acceptors (Lipinski definition) is 2. The highest BCUT2D eigenvalue weighted by Crippen LogP contribution is 2.19. The molecule has 2 rings (SSSR count). The predicted molar refractivity (Wildman–Crippen MR) is 69.8 cm³/mol. The molecule has 1 aliphatic carbocycles. The van der Waals surface area contributed by atoms with E-state index in [-0.39, 0.29) is 5.91 Å². The Morgan fingerprint density at radius 1 is 1.47 bits per heavy atom. The maximum atomic E-state index is 11.7. The molecule has 1 saturated heterocycles. The van der Waals surface area contributed by atoms with E-state index in [9.17, 15) is 4.79 Å². The number of rotatable bonds is 5. The van der Waals surface area contributed by atoms with Crippen molar-refractivity contribution < 1.29 is 4.79 Å². The van der Waals surface area contributed by atoms with Crippen molar-refractivity contribution in [2.45, 2.75) is 44.9 Å². The summed E-state index contributed by atoms with van der Waals surface area (Å²) in [5.74, 6) is 0.980. The van der Waals surface area contributed by atoms with Crippen LogP contribution < -0.4 is 10.6 Å². The van der Waals surface area contributed by atoms with E-state index in [0.717, 1.165) is 44.8 Å². The monoisotopic (exact) mass is 236 g/mol. The highest BCUT2D eigenvalue weighted by molar-refractivity contribution is 5.78. The summed E-state index contributed by atoms with van der Waals surface area (Å²) in [5.41, 5.74) is 1.34. The minimum absolute atomic E-state index is 0.212. The fourth-order valence-electron chi connectivity index (χ4n) is 2.71. The van der Waals surface area contributed by atoms with Gasteiger partial charge >= 0.3 is 0 Å². The van der Waals surface area contributed by atoms with Crippen molar-refractivity contribution in [3.8, 4) is 0 Å². The van der Waals surface area contributed by atoms with Crippen LogP contribution in [0.1, 0.15) is 44.9 Å².